The van der Waals surface area contributed by atoms with Crippen molar-refractivity contribution in [1.29, 1.82) is 0 Å². The van der Waals surface area contributed by atoms with E-state index in [2.05, 4.69) is 0 Å². The molecule has 2 unspecified atom stereocenters. The third-order valence-electron chi connectivity index (χ3n) is 4.11. The average Bonchev–Trinajstić information content (AvgIpc) is 2.16. The largest absolute Gasteiger partial charge is 0.328 e. The van der Waals surface area contributed by atoms with Crippen molar-refractivity contribution < 1.29 is 8.42 Å². The van der Waals surface area contributed by atoms with Crippen LogP contribution in [0.2, 0.25) is 0 Å². The van der Waals surface area contributed by atoms with Gasteiger partial charge in [-0.25, -0.2) is 8.42 Å². The molecule has 2 rings (SSSR count). The van der Waals surface area contributed by atoms with Gasteiger partial charge in [0.2, 0.25) is 0 Å². The van der Waals surface area contributed by atoms with E-state index in [0.717, 1.165) is 25.7 Å². The topological polar surface area (TPSA) is 60.2 Å². The van der Waals surface area contributed by atoms with Crippen LogP contribution >= 0.6 is 0 Å². The molecule has 2 saturated carbocycles. The lowest BCUT2D eigenvalue weighted by atomic mass is 9.70. The first-order valence-electron chi connectivity index (χ1n) is 6.01. The fourth-order valence-corrected chi connectivity index (χ4v) is 5.56. The van der Waals surface area contributed by atoms with Gasteiger partial charge in [0.1, 0.15) is 0 Å². The van der Waals surface area contributed by atoms with Crippen LogP contribution in [0.4, 0.5) is 0 Å². The molecular formula is C11H21NO2S. The van der Waals surface area contributed by atoms with Gasteiger partial charge in [0, 0.05) is 11.8 Å². The summed E-state index contributed by atoms with van der Waals surface area (Å²) in [5.74, 6) is 0.981. The van der Waals surface area contributed by atoms with Crippen molar-refractivity contribution >= 4 is 9.84 Å². The molecule has 0 aromatic heterocycles. The Morgan fingerprint density at radius 3 is 2.20 bits per heavy atom. The maximum absolute atomic E-state index is 12.0. The minimum atomic E-state index is -2.86. The van der Waals surface area contributed by atoms with Crippen molar-refractivity contribution in [2.45, 2.75) is 50.3 Å². The van der Waals surface area contributed by atoms with Gasteiger partial charge in [-0.3, -0.25) is 0 Å². The normalized spacial score (nSPS) is 41.5. The molecule has 0 heterocycles. The number of hydrogen-bond donors (Lipinski definition) is 1. The Kier molecular flexibility index (Phi) is 3.08. The summed E-state index contributed by atoms with van der Waals surface area (Å²) in [6, 6.07) is 0.239. The Hall–Kier alpha value is -0.0900. The predicted molar refractivity (Wildman–Crippen MR) is 61.3 cm³/mol. The number of sulfone groups is 1. The molecular weight excluding hydrogens is 210 g/mol. The Labute approximate surface area is 92.3 Å². The van der Waals surface area contributed by atoms with Crippen LogP contribution in [0, 0.1) is 11.8 Å². The van der Waals surface area contributed by atoms with E-state index in [0.29, 0.717) is 17.6 Å². The quantitative estimate of drug-likeness (QED) is 0.780. The van der Waals surface area contributed by atoms with Gasteiger partial charge >= 0.3 is 0 Å². The Morgan fingerprint density at radius 1 is 1.20 bits per heavy atom. The van der Waals surface area contributed by atoms with Crippen molar-refractivity contribution in [2.75, 3.05) is 5.75 Å². The molecule has 4 heteroatoms. The zero-order valence-electron chi connectivity index (χ0n) is 9.35. The Balaban J connectivity index is 2.25. The van der Waals surface area contributed by atoms with Crippen molar-refractivity contribution in [1.82, 2.24) is 0 Å². The predicted octanol–water partition coefficient (Wildman–Crippen LogP) is 1.33. The van der Waals surface area contributed by atoms with E-state index in [1.807, 2.05) is 0 Å². The monoisotopic (exact) mass is 231 g/mol. The molecule has 2 aliphatic rings. The third-order valence-corrected chi connectivity index (χ3v) is 6.51. The molecule has 15 heavy (non-hydrogen) atoms. The van der Waals surface area contributed by atoms with Gasteiger partial charge in [-0.2, -0.15) is 0 Å². The summed E-state index contributed by atoms with van der Waals surface area (Å²) in [6.07, 6.45) is 5.15. The molecule has 88 valence electrons. The lowest BCUT2D eigenvalue weighted by Gasteiger charge is -2.44. The second kappa shape index (κ2) is 4.06. The molecule has 0 saturated heterocycles. The van der Waals surface area contributed by atoms with E-state index in [1.54, 1.807) is 6.92 Å². The number of hydrogen-bond acceptors (Lipinski definition) is 3. The first kappa shape index (κ1) is 11.4. The molecule has 0 aliphatic heterocycles. The average molecular weight is 231 g/mol. The van der Waals surface area contributed by atoms with Crippen LogP contribution < -0.4 is 5.73 Å². The summed E-state index contributed by atoms with van der Waals surface area (Å²) in [6.45, 7) is 1.76. The maximum Gasteiger partial charge on any atom is 0.153 e. The van der Waals surface area contributed by atoms with Crippen molar-refractivity contribution in [3.8, 4) is 0 Å². The van der Waals surface area contributed by atoms with Crippen LogP contribution in [0.15, 0.2) is 0 Å². The molecule has 0 aromatic carbocycles. The van der Waals surface area contributed by atoms with Gasteiger partial charge in [-0.1, -0.05) is 13.3 Å². The molecule has 2 bridgehead atoms. The molecule has 2 N–H and O–H groups in total. The summed E-state index contributed by atoms with van der Waals surface area (Å²) >= 11 is 0. The summed E-state index contributed by atoms with van der Waals surface area (Å²) < 4.78 is 24.1. The summed E-state index contributed by atoms with van der Waals surface area (Å²) in [5.41, 5.74) is 5.98. The molecule has 2 aliphatic carbocycles. The summed E-state index contributed by atoms with van der Waals surface area (Å²) in [4.78, 5) is 0. The first-order valence-corrected chi connectivity index (χ1v) is 7.73. The molecule has 0 aromatic rings. The lowest BCUT2D eigenvalue weighted by Crippen LogP contribution is -2.49. The van der Waals surface area contributed by atoms with Gasteiger partial charge in [0.15, 0.2) is 9.84 Å². The van der Waals surface area contributed by atoms with E-state index in [4.69, 9.17) is 5.73 Å². The van der Waals surface area contributed by atoms with Gasteiger partial charge in [-0.05, 0) is 37.5 Å². The standard InChI is InChI=1S/C11H21NO2S/c1-2-15(13,14)11-8-4-3-5-9(11)7-10(12)6-8/h8-11H,2-7,12H2,1H3. The fraction of sp³-hybridized carbons (Fsp3) is 1.00. The second-order valence-electron chi connectivity index (χ2n) is 5.10. The zero-order chi connectivity index (χ0) is 11.1. The SMILES string of the molecule is CCS(=O)(=O)C1C2CCCC1CC(N)C2. The lowest BCUT2D eigenvalue weighted by molar-refractivity contribution is 0.175. The highest BCUT2D eigenvalue weighted by Gasteiger charge is 2.45. The molecule has 0 radical (unpaired) electrons. The van der Waals surface area contributed by atoms with Crippen molar-refractivity contribution in [2.24, 2.45) is 17.6 Å². The van der Waals surface area contributed by atoms with Gasteiger partial charge in [-0.15, -0.1) is 0 Å². The van der Waals surface area contributed by atoms with Gasteiger partial charge < -0.3 is 5.73 Å². The highest BCUT2D eigenvalue weighted by molar-refractivity contribution is 7.92. The number of nitrogens with two attached hydrogens (primary N) is 1. The van der Waals surface area contributed by atoms with Crippen LogP contribution in [0.3, 0.4) is 0 Å². The molecule has 0 amide bonds. The highest BCUT2D eigenvalue weighted by atomic mass is 32.2. The van der Waals surface area contributed by atoms with Gasteiger partial charge in [0.05, 0.1) is 5.25 Å². The number of rotatable bonds is 2. The maximum atomic E-state index is 12.0. The highest BCUT2D eigenvalue weighted by Crippen LogP contribution is 2.43. The van der Waals surface area contributed by atoms with Crippen LogP contribution in [0.1, 0.15) is 39.0 Å². The molecule has 2 atom stereocenters. The third kappa shape index (κ3) is 2.07. The van der Waals surface area contributed by atoms with Crippen LogP contribution in [0.25, 0.3) is 0 Å². The molecule has 3 nitrogen and oxygen atoms in total. The van der Waals surface area contributed by atoms with E-state index >= 15 is 0 Å². The van der Waals surface area contributed by atoms with E-state index in [-0.39, 0.29) is 11.3 Å². The minimum absolute atomic E-state index is 0.0731. The second-order valence-corrected chi connectivity index (χ2v) is 7.55. The minimum Gasteiger partial charge on any atom is -0.328 e. The Bertz CT molecular complexity index is 311. The number of fused-ring (bicyclic) bond motifs is 2. The fourth-order valence-electron chi connectivity index (χ4n) is 3.51. The van der Waals surface area contributed by atoms with Crippen molar-refractivity contribution in [3.05, 3.63) is 0 Å². The molecule has 0 spiro atoms. The van der Waals surface area contributed by atoms with E-state index in [1.165, 1.54) is 6.42 Å². The Morgan fingerprint density at radius 2 is 1.73 bits per heavy atom. The van der Waals surface area contributed by atoms with Crippen LogP contribution in [-0.4, -0.2) is 25.5 Å². The zero-order valence-corrected chi connectivity index (χ0v) is 10.2. The van der Waals surface area contributed by atoms with Crippen molar-refractivity contribution in [3.63, 3.8) is 0 Å². The van der Waals surface area contributed by atoms with Crippen LogP contribution in [0.5, 0.6) is 0 Å². The molecule has 2 fully saturated rings. The first-order chi connectivity index (χ1) is 7.04. The summed E-state index contributed by atoms with van der Waals surface area (Å²) in [7, 11) is -2.86. The van der Waals surface area contributed by atoms with Gasteiger partial charge in [0.25, 0.3) is 0 Å². The summed E-state index contributed by atoms with van der Waals surface area (Å²) in [5, 5.41) is -0.0731. The van der Waals surface area contributed by atoms with Crippen LogP contribution in [-0.2, 0) is 9.84 Å². The van der Waals surface area contributed by atoms with E-state index < -0.39 is 9.84 Å². The smallest absolute Gasteiger partial charge is 0.153 e. The van der Waals surface area contributed by atoms with E-state index in [9.17, 15) is 8.42 Å².